The van der Waals surface area contributed by atoms with Crippen LogP contribution in [0, 0.1) is 6.92 Å². The van der Waals surface area contributed by atoms with Crippen LogP contribution in [0.2, 0.25) is 0 Å². The minimum atomic E-state index is -3.15. The van der Waals surface area contributed by atoms with Crippen molar-refractivity contribution in [2.45, 2.75) is 38.7 Å². The SMILES string of the molecule is [2H]C[C@H]1O[C@@H](n2cc(C)c(=O)[nH]c2=O)CC1O[PH](=O)O. The molecule has 9 heteroatoms. The molecule has 2 N–H and O–H groups in total. The first-order chi connectivity index (χ1) is 9.42. The second-order valence-electron chi connectivity index (χ2n) is 4.27. The van der Waals surface area contributed by atoms with E-state index >= 15 is 0 Å². The fraction of sp³-hybridized carbons (Fsp3) is 0.600. The Morgan fingerprint density at radius 1 is 1.68 bits per heavy atom. The zero-order chi connectivity index (χ0) is 14.9. The minimum absolute atomic E-state index is 0.159. The Kier molecular flexibility index (Phi) is 3.65. The predicted molar refractivity (Wildman–Crippen MR) is 66.4 cm³/mol. The lowest BCUT2D eigenvalue weighted by atomic mass is 10.2. The zero-order valence-corrected chi connectivity index (χ0v) is 11.2. The van der Waals surface area contributed by atoms with Crippen LogP contribution in [0.4, 0.5) is 0 Å². The molecule has 19 heavy (non-hydrogen) atoms. The number of aryl methyl sites for hydroxylation is 1. The Morgan fingerprint density at radius 2 is 2.42 bits per heavy atom. The summed E-state index contributed by atoms with van der Waals surface area (Å²) in [6.45, 7) is 1.39. The van der Waals surface area contributed by atoms with Crippen molar-refractivity contribution in [1.29, 1.82) is 0 Å². The van der Waals surface area contributed by atoms with Crippen LogP contribution in [0.15, 0.2) is 15.8 Å². The number of ether oxygens (including phenoxy) is 1. The van der Waals surface area contributed by atoms with Gasteiger partial charge in [-0.15, -0.1) is 0 Å². The molecule has 8 nitrogen and oxygen atoms in total. The largest absolute Gasteiger partial charge is 0.352 e. The summed E-state index contributed by atoms with van der Waals surface area (Å²) < 4.78 is 29.6. The molecule has 0 saturated carbocycles. The van der Waals surface area contributed by atoms with E-state index in [1.807, 2.05) is 0 Å². The summed E-state index contributed by atoms with van der Waals surface area (Å²) in [6, 6.07) is 0. The van der Waals surface area contributed by atoms with E-state index in [2.05, 4.69) is 4.98 Å². The van der Waals surface area contributed by atoms with Gasteiger partial charge in [-0.2, -0.15) is 0 Å². The maximum Gasteiger partial charge on any atom is 0.330 e. The summed E-state index contributed by atoms with van der Waals surface area (Å²) in [5.41, 5.74) is -0.767. The Balaban J connectivity index is 2.27. The highest BCUT2D eigenvalue weighted by Gasteiger charge is 2.35. The molecule has 1 aromatic heterocycles. The Morgan fingerprint density at radius 3 is 3.05 bits per heavy atom. The zero-order valence-electron chi connectivity index (χ0n) is 11.2. The monoisotopic (exact) mass is 291 g/mol. The minimum Gasteiger partial charge on any atom is -0.352 e. The summed E-state index contributed by atoms with van der Waals surface area (Å²) in [7, 11) is -3.15. The molecule has 1 saturated heterocycles. The summed E-state index contributed by atoms with van der Waals surface area (Å²) >= 11 is 0. The number of nitrogens with zero attached hydrogens (tertiary/aromatic N) is 1. The van der Waals surface area contributed by atoms with Gasteiger partial charge in [0.25, 0.3) is 5.56 Å². The van der Waals surface area contributed by atoms with Crippen molar-refractivity contribution in [3.8, 4) is 0 Å². The highest BCUT2D eigenvalue weighted by atomic mass is 31.1. The second-order valence-corrected chi connectivity index (χ2v) is 5.03. The van der Waals surface area contributed by atoms with Crippen LogP contribution in [0.5, 0.6) is 0 Å². The van der Waals surface area contributed by atoms with Gasteiger partial charge in [-0.1, -0.05) is 0 Å². The molecule has 1 fully saturated rings. The molecular weight excluding hydrogens is 275 g/mol. The average Bonchev–Trinajstić information content (AvgIpc) is 2.75. The summed E-state index contributed by atoms with van der Waals surface area (Å²) in [6.07, 6.45) is -0.642. The maximum atomic E-state index is 11.7. The average molecular weight is 291 g/mol. The van der Waals surface area contributed by atoms with E-state index in [9.17, 15) is 14.2 Å². The molecule has 0 aromatic carbocycles. The summed E-state index contributed by atoms with van der Waals surface area (Å²) in [4.78, 5) is 34.0. The van der Waals surface area contributed by atoms with Gasteiger partial charge in [0.05, 0.1) is 12.2 Å². The van der Waals surface area contributed by atoms with Crippen LogP contribution >= 0.6 is 8.25 Å². The third-order valence-electron chi connectivity index (χ3n) is 2.89. The highest BCUT2D eigenvalue weighted by molar-refractivity contribution is 7.32. The van der Waals surface area contributed by atoms with Crippen molar-refractivity contribution >= 4 is 8.25 Å². The van der Waals surface area contributed by atoms with Crippen LogP contribution in [0.25, 0.3) is 0 Å². The van der Waals surface area contributed by atoms with Crippen molar-refractivity contribution in [1.82, 2.24) is 9.55 Å². The molecule has 0 radical (unpaired) electrons. The van der Waals surface area contributed by atoms with Gasteiger partial charge in [-0.3, -0.25) is 18.9 Å². The lowest BCUT2D eigenvalue weighted by molar-refractivity contribution is -0.00697. The number of rotatable bonds is 3. The van der Waals surface area contributed by atoms with Crippen molar-refractivity contribution in [2.75, 3.05) is 0 Å². The predicted octanol–water partition coefficient (Wildman–Crippen LogP) is -0.0804. The quantitative estimate of drug-likeness (QED) is 0.754. The normalized spacial score (nSPS) is 29.2. The standard InChI is InChI=1S/C10H15N2O6P/c1-5-4-12(10(14)11-9(5)13)8-3-7(6(2)17-8)18-19(15)16/h4,6-8,19H,3H2,1-2H3,(H,15,16)(H,11,13,14)/t6-,7?,8-/m1/s1/i2D. The molecule has 2 heterocycles. The van der Waals surface area contributed by atoms with Crippen LogP contribution in [-0.4, -0.2) is 26.7 Å². The van der Waals surface area contributed by atoms with E-state index in [1.54, 1.807) is 6.92 Å². The molecule has 2 rings (SSSR count). The van der Waals surface area contributed by atoms with E-state index in [0.29, 0.717) is 5.56 Å². The number of aromatic amines is 1. The van der Waals surface area contributed by atoms with E-state index < -0.39 is 37.9 Å². The molecule has 1 aliphatic heterocycles. The number of hydrogen-bond acceptors (Lipinski definition) is 5. The van der Waals surface area contributed by atoms with E-state index in [-0.39, 0.29) is 13.3 Å². The Labute approximate surface area is 110 Å². The Bertz CT molecular complexity index is 629. The van der Waals surface area contributed by atoms with Gasteiger partial charge in [0.15, 0.2) is 0 Å². The number of nitrogens with one attached hydrogen (secondary N) is 1. The molecule has 1 aromatic rings. The first-order valence-electron chi connectivity index (χ1n) is 6.29. The molecule has 106 valence electrons. The third kappa shape index (κ3) is 3.03. The van der Waals surface area contributed by atoms with E-state index in [4.69, 9.17) is 15.5 Å². The summed E-state index contributed by atoms with van der Waals surface area (Å²) in [5, 5.41) is 0. The molecule has 0 aliphatic carbocycles. The number of hydrogen-bond donors (Lipinski definition) is 2. The fourth-order valence-electron chi connectivity index (χ4n) is 1.93. The van der Waals surface area contributed by atoms with Gasteiger partial charge < -0.3 is 14.2 Å². The van der Waals surface area contributed by atoms with E-state index in [0.717, 1.165) is 0 Å². The number of H-pyrrole nitrogens is 1. The summed E-state index contributed by atoms with van der Waals surface area (Å²) in [5.74, 6) is 0. The van der Waals surface area contributed by atoms with Crippen LogP contribution in [0.3, 0.4) is 0 Å². The molecule has 2 unspecified atom stereocenters. The first-order valence-corrected chi connectivity index (χ1v) is 6.85. The lowest BCUT2D eigenvalue weighted by Gasteiger charge is -2.13. The molecule has 4 atom stereocenters. The third-order valence-corrected chi connectivity index (χ3v) is 3.39. The van der Waals surface area contributed by atoms with Gasteiger partial charge >= 0.3 is 13.9 Å². The number of aromatic nitrogens is 2. The van der Waals surface area contributed by atoms with Crippen LogP contribution < -0.4 is 11.2 Å². The van der Waals surface area contributed by atoms with Crippen molar-refractivity contribution in [3.63, 3.8) is 0 Å². The Hall–Kier alpha value is -1.21. The van der Waals surface area contributed by atoms with Gasteiger partial charge in [-0.05, 0) is 13.8 Å². The molecular formula is C10H15N2O6P. The molecule has 0 spiro atoms. The van der Waals surface area contributed by atoms with Crippen LogP contribution in [-0.2, 0) is 13.8 Å². The lowest BCUT2D eigenvalue weighted by Crippen LogP contribution is -2.33. The smallest absolute Gasteiger partial charge is 0.330 e. The van der Waals surface area contributed by atoms with Gasteiger partial charge in [-0.25, -0.2) is 4.79 Å². The van der Waals surface area contributed by atoms with Gasteiger partial charge in [0, 0.05) is 19.6 Å². The molecule has 0 bridgehead atoms. The van der Waals surface area contributed by atoms with Crippen molar-refractivity contribution in [2.24, 2.45) is 0 Å². The highest BCUT2D eigenvalue weighted by Crippen LogP contribution is 2.34. The molecule has 1 aliphatic rings. The van der Waals surface area contributed by atoms with Gasteiger partial charge in [0.1, 0.15) is 6.23 Å². The van der Waals surface area contributed by atoms with E-state index in [1.165, 1.54) is 10.8 Å². The van der Waals surface area contributed by atoms with Crippen molar-refractivity contribution < 1.29 is 20.1 Å². The molecule has 0 amide bonds. The van der Waals surface area contributed by atoms with Crippen LogP contribution in [0.1, 0.15) is 26.5 Å². The topological polar surface area (TPSA) is 111 Å². The fourth-order valence-corrected chi connectivity index (χ4v) is 2.44. The first kappa shape index (κ1) is 12.8. The van der Waals surface area contributed by atoms with Gasteiger partial charge in [0.2, 0.25) is 0 Å². The maximum absolute atomic E-state index is 11.7. The van der Waals surface area contributed by atoms with Crippen molar-refractivity contribution in [3.05, 3.63) is 32.6 Å². The second kappa shape index (κ2) is 5.42.